The van der Waals surface area contributed by atoms with Crippen LogP contribution in [0.5, 0.6) is 0 Å². The lowest BCUT2D eigenvalue weighted by Gasteiger charge is -2.30. The Morgan fingerprint density at radius 2 is 1.51 bits per heavy atom. The molecule has 2 aromatic rings. The third-order valence-corrected chi connectivity index (χ3v) is 15.5. The second-order valence-corrected chi connectivity index (χ2v) is 23.8. The molecule has 3 rings (SSSR count). The number of aromatic nitrogens is 4. The van der Waals surface area contributed by atoms with Gasteiger partial charge in [-0.2, -0.15) is 4.31 Å². The first-order valence-electron chi connectivity index (χ1n) is 22.6. The molecule has 1 aliphatic rings. The van der Waals surface area contributed by atoms with E-state index in [1.165, 1.54) is 39.5 Å². The lowest BCUT2D eigenvalue weighted by Crippen LogP contribution is -2.46. The van der Waals surface area contributed by atoms with Crippen LogP contribution in [0.1, 0.15) is 112 Å². The lowest BCUT2D eigenvalue weighted by atomic mass is 9.87. The van der Waals surface area contributed by atoms with Crippen molar-refractivity contribution in [2.24, 2.45) is 29.1 Å². The topological polar surface area (TPSA) is 381 Å². The molecule has 0 aliphatic carbocycles. The smallest absolute Gasteiger partial charge is 0.386 e. The molecule has 25 nitrogen and oxygen atoms in total. The van der Waals surface area contributed by atoms with Crippen LogP contribution < -0.4 is 16.4 Å². The summed E-state index contributed by atoms with van der Waals surface area (Å²) in [5.41, 5.74) is 4.24. The Labute approximate surface area is 405 Å². The monoisotopic (exact) mass is 1060 g/mol. The highest BCUT2D eigenvalue weighted by molar-refractivity contribution is 8.13. The number of anilines is 1. The molecule has 1 saturated heterocycles. The number of fused-ring (bicyclic) bond motifs is 1. The number of ketones is 1. The van der Waals surface area contributed by atoms with Crippen molar-refractivity contribution in [3.63, 3.8) is 0 Å². The maximum Gasteiger partial charge on any atom is 0.481 e. The van der Waals surface area contributed by atoms with Gasteiger partial charge in [0.2, 0.25) is 11.8 Å². The molecule has 0 radical (unpaired) electrons. The number of hydrogen-bond acceptors (Lipinski definition) is 19. The standard InChI is InChI=1S/C40H70N7O18P3S/c1-24(2)10-8-11-25(3)12-9-13-26(4)14-15-28(48)27(5)39(53)69-19-18-42-30(49)16-17-43-37(52)34(51)40(6,7)21-62-68(59,60)65-67(57,58)61-20-29-33(64-66(54,55)56)32(50)38(63-29)47-23-46-31-35(41)44-22-45-36(31)47/h22-27,29,32-34,38,50-51H,8-21H2,1-7H3,(H,42,49)(H,43,52)(H,57,58)(H,59,60)(H2,41,44,45)(H2,54,55,56)/t25?,26?,27?,29-,32-,33-,34+,38-/m1/s1. The van der Waals surface area contributed by atoms with Crippen molar-refractivity contribution in [3.8, 4) is 0 Å². The SMILES string of the molecule is CC(C)CCCC(C)CCCC(C)CCC(=O)C(C)C(=O)SCCNC(=O)CCNC(=O)[C@H](O)C(C)(C)COP(=O)(O)OP(=O)(O)OC[C@H]1O[C@@H](n2cnc3c(N)ncnc32)[C@H](O)[C@@H]1OP(=O)(O)O. The first-order valence-corrected chi connectivity index (χ1v) is 28.1. The van der Waals surface area contributed by atoms with Crippen LogP contribution in [0.4, 0.5) is 5.82 Å². The second kappa shape index (κ2) is 27.3. The predicted octanol–water partition coefficient (Wildman–Crippen LogP) is 3.92. The molecule has 0 aromatic carbocycles. The molecule has 5 unspecified atom stereocenters. The molecule has 1 aliphatic heterocycles. The van der Waals surface area contributed by atoms with Crippen LogP contribution in [0.3, 0.4) is 0 Å². The summed E-state index contributed by atoms with van der Waals surface area (Å²) >= 11 is 0.945. The van der Waals surface area contributed by atoms with E-state index in [2.05, 4.69) is 62.1 Å². The average molecular weight is 1060 g/mol. The third kappa shape index (κ3) is 20.7. The first kappa shape index (κ1) is 60.5. The fourth-order valence-corrected chi connectivity index (χ4v) is 10.7. The molecule has 3 heterocycles. The number of hydrogen-bond donors (Lipinski definition) is 9. The molecule has 29 heteroatoms. The maximum atomic E-state index is 12.8. The van der Waals surface area contributed by atoms with Gasteiger partial charge in [-0.05, 0) is 31.1 Å². The molecule has 0 spiro atoms. The number of imidazole rings is 1. The summed E-state index contributed by atoms with van der Waals surface area (Å²) in [7, 11) is -16.5. The number of ether oxygens (including phenoxy) is 1. The quantitative estimate of drug-likeness (QED) is 0.0285. The van der Waals surface area contributed by atoms with E-state index in [1.807, 2.05) is 0 Å². The van der Waals surface area contributed by atoms with Crippen molar-refractivity contribution in [1.29, 1.82) is 0 Å². The number of nitrogens with two attached hydrogens (primary N) is 1. The number of Topliss-reactive ketones (excluding diaryl/α,β-unsaturated/α-hetero) is 1. The summed E-state index contributed by atoms with van der Waals surface area (Å²) < 4.78 is 62.5. The predicted molar refractivity (Wildman–Crippen MR) is 251 cm³/mol. The largest absolute Gasteiger partial charge is 0.481 e. The van der Waals surface area contributed by atoms with Gasteiger partial charge in [0.1, 0.15) is 42.0 Å². The van der Waals surface area contributed by atoms with E-state index in [0.717, 1.165) is 54.2 Å². The van der Waals surface area contributed by atoms with E-state index >= 15 is 0 Å². The number of carbonyl (C=O) groups is 4. The van der Waals surface area contributed by atoms with Gasteiger partial charge in [0.05, 0.1) is 25.5 Å². The van der Waals surface area contributed by atoms with E-state index < -0.39 is 90.5 Å². The van der Waals surface area contributed by atoms with E-state index in [9.17, 15) is 62.7 Å². The van der Waals surface area contributed by atoms with Crippen LogP contribution >= 0.6 is 35.2 Å². The minimum atomic E-state index is -5.59. The van der Waals surface area contributed by atoms with Crippen molar-refractivity contribution >= 4 is 74.9 Å². The molecular formula is C40H70N7O18P3S. The Bertz CT molecular complexity index is 2160. The molecule has 394 valence electrons. The number of rotatable bonds is 32. The van der Waals surface area contributed by atoms with Crippen molar-refractivity contribution in [1.82, 2.24) is 30.2 Å². The highest BCUT2D eigenvalue weighted by Crippen LogP contribution is 2.61. The number of aliphatic hydroxyl groups excluding tert-OH is 2. The molecule has 1 fully saturated rings. The zero-order chi connectivity index (χ0) is 51.9. The van der Waals surface area contributed by atoms with E-state index in [0.29, 0.717) is 18.3 Å². The highest BCUT2D eigenvalue weighted by atomic mass is 32.2. The summed E-state index contributed by atoms with van der Waals surface area (Å²) in [4.78, 5) is 102. The number of carbonyl (C=O) groups excluding carboxylic acids is 4. The Kier molecular flexibility index (Phi) is 24.0. The zero-order valence-electron chi connectivity index (χ0n) is 39.9. The number of nitrogens with zero attached hydrogens (tertiary/aromatic N) is 4. The van der Waals surface area contributed by atoms with Crippen LogP contribution in [0.2, 0.25) is 0 Å². The van der Waals surface area contributed by atoms with Gasteiger partial charge >= 0.3 is 23.5 Å². The Morgan fingerprint density at radius 3 is 2.14 bits per heavy atom. The summed E-state index contributed by atoms with van der Waals surface area (Å²) in [6.07, 6.45) is 1.10. The Balaban J connectivity index is 1.36. The number of thioether (sulfide) groups is 1. The second-order valence-electron chi connectivity index (χ2n) is 18.4. The van der Waals surface area contributed by atoms with Gasteiger partial charge in [0.15, 0.2) is 22.8 Å². The zero-order valence-corrected chi connectivity index (χ0v) is 43.4. The molecule has 2 aromatic heterocycles. The van der Waals surface area contributed by atoms with Gasteiger partial charge in [-0.15, -0.1) is 0 Å². The van der Waals surface area contributed by atoms with E-state index in [1.54, 1.807) is 6.92 Å². The van der Waals surface area contributed by atoms with Crippen molar-refractivity contribution in [2.75, 3.05) is 37.8 Å². The molecule has 69 heavy (non-hydrogen) atoms. The number of amides is 2. The fourth-order valence-electron chi connectivity index (χ4n) is 7.12. The average Bonchev–Trinajstić information content (AvgIpc) is 3.81. The number of phosphoric ester groups is 3. The third-order valence-electron chi connectivity index (χ3n) is 11.3. The normalized spacial score (nSPS) is 21.3. The van der Waals surface area contributed by atoms with Gasteiger partial charge < -0.3 is 50.9 Å². The van der Waals surface area contributed by atoms with Crippen molar-refractivity contribution in [2.45, 2.75) is 137 Å². The van der Waals surface area contributed by atoms with Crippen LogP contribution in [-0.2, 0) is 55.5 Å². The van der Waals surface area contributed by atoms with Crippen LogP contribution in [0, 0.1) is 29.1 Å². The van der Waals surface area contributed by atoms with Crippen molar-refractivity contribution < 1.29 is 85.3 Å². The van der Waals surface area contributed by atoms with Crippen LogP contribution in [-0.4, -0.2) is 128 Å². The summed E-state index contributed by atoms with van der Waals surface area (Å²) in [5.74, 6) is -0.387. The molecule has 10 N–H and O–H groups in total. The van der Waals surface area contributed by atoms with E-state index in [-0.39, 0.29) is 53.1 Å². The first-order chi connectivity index (χ1) is 32.0. The minimum absolute atomic E-state index is 0.0254. The molecule has 2 amide bonds. The van der Waals surface area contributed by atoms with Gasteiger partial charge in [0.25, 0.3) is 0 Å². The minimum Gasteiger partial charge on any atom is -0.386 e. The van der Waals surface area contributed by atoms with Gasteiger partial charge in [-0.25, -0.2) is 28.6 Å². The Morgan fingerprint density at radius 1 is 0.884 bits per heavy atom. The Hall–Kier alpha value is -2.77. The lowest BCUT2D eigenvalue weighted by molar-refractivity contribution is -0.137. The summed E-state index contributed by atoms with van der Waals surface area (Å²) in [6, 6.07) is 0. The number of nitrogen functional groups attached to an aromatic ring is 1. The molecule has 0 saturated carbocycles. The fraction of sp³-hybridized carbons (Fsp3) is 0.775. The van der Waals surface area contributed by atoms with Crippen LogP contribution in [0.15, 0.2) is 12.7 Å². The maximum absolute atomic E-state index is 12.8. The molecular weight excluding hydrogens is 991 g/mol. The van der Waals surface area contributed by atoms with Crippen LogP contribution in [0.25, 0.3) is 11.2 Å². The molecule has 0 bridgehead atoms. The van der Waals surface area contributed by atoms with Crippen molar-refractivity contribution in [3.05, 3.63) is 12.7 Å². The number of nitrogens with one attached hydrogen (secondary N) is 2. The van der Waals surface area contributed by atoms with Gasteiger partial charge in [-0.1, -0.05) is 91.8 Å². The number of aliphatic hydroxyl groups is 2. The van der Waals surface area contributed by atoms with Gasteiger partial charge in [0, 0.05) is 37.1 Å². The molecule has 10 atom stereocenters. The van der Waals surface area contributed by atoms with Gasteiger partial charge in [-0.3, -0.25) is 37.3 Å². The highest BCUT2D eigenvalue weighted by Gasteiger charge is 2.50. The summed E-state index contributed by atoms with van der Waals surface area (Å²) in [6.45, 7) is 10.8. The van der Waals surface area contributed by atoms with E-state index in [4.69, 9.17) is 19.5 Å². The summed E-state index contributed by atoms with van der Waals surface area (Å²) in [5, 5.41) is 26.3. The number of phosphoric acid groups is 3.